The Kier molecular flexibility index (Phi) is 3.80. The first-order valence-corrected chi connectivity index (χ1v) is 7.02. The second-order valence-corrected chi connectivity index (χ2v) is 5.01. The maximum atomic E-state index is 3.55. The van der Waals surface area contributed by atoms with Crippen LogP contribution in [-0.2, 0) is 0 Å². The van der Waals surface area contributed by atoms with Crippen molar-refractivity contribution in [2.45, 2.75) is 12.5 Å². The molecule has 0 spiro atoms. The number of hydrogen-bond donors (Lipinski definition) is 1. The van der Waals surface area contributed by atoms with Gasteiger partial charge >= 0.3 is 0 Å². The summed E-state index contributed by atoms with van der Waals surface area (Å²) in [5.41, 5.74) is 2.71. The van der Waals surface area contributed by atoms with Gasteiger partial charge in [0.15, 0.2) is 0 Å². The van der Waals surface area contributed by atoms with Crippen LogP contribution in [0.15, 0.2) is 60.7 Å². The fraction of sp³-hybridized carbons (Fsp3) is 0.294. The lowest BCUT2D eigenvalue weighted by Crippen LogP contribution is -2.32. The number of para-hydroxylation sites is 1. The smallest absolute Gasteiger partial charge is 0.0666 e. The zero-order valence-electron chi connectivity index (χ0n) is 11.1. The molecule has 2 aromatic rings. The Morgan fingerprint density at radius 2 is 1.58 bits per heavy atom. The molecule has 1 atom stereocenters. The van der Waals surface area contributed by atoms with Crippen molar-refractivity contribution in [1.29, 1.82) is 0 Å². The lowest BCUT2D eigenvalue weighted by molar-refractivity contribution is 0.617. The van der Waals surface area contributed by atoms with Crippen LogP contribution in [-0.4, -0.2) is 19.6 Å². The first kappa shape index (κ1) is 12.2. The van der Waals surface area contributed by atoms with Gasteiger partial charge in [-0.2, -0.15) is 0 Å². The molecule has 1 aliphatic rings. The van der Waals surface area contributed by atoms with Crippen molar-refractivity contribution in [3.05, 3.63) is 66.2 Å². The monoisotopic (exact) mass is 252 g/mol. The third-order valence-electron chi connectivity index (χ3n) is 3.74. The average Bonchev–Trinajstić information content (AvgIpc) is 2.75. The summed E-state index contributed by atoms with van der Waals surface area (Å²) >= 11 is 0. The second kappa shape index (κ2) is 5.89. The van der Waals surface area contributed by atoms with Crippen LogP contribution in [0.5, 0.6) is 0 Å². The third-order valence-corrected chi connectivity index (χ3v) is 3.74. The molecular weight excluding hydrogens is 232 g/mol. The van der Waals surface area contributed by atoms with Gasteiger partial charge in [-0.3, -0.25) is 0 Å². The average molecular weight is 252 g/mol. The molecule has 0 bridgehead atoms. The van der Waals surface area contributed by atoms with Gasteiger partial charge in [0.05, 0.1) is 6.04 Å². The minimum absolute atomic E-state index is 0.422. The van der Waals surface area contributed by atoms with E-state index in [2.05, 4.69) is 70.9 Å². The lowest BCUT2D eigenvalue weighted by atomic mass is 10.0. The van der Waals surface area contributed by atoms with Crippen LogP contribution in [0.3, 0.4) is 0 Å². The topological polar surface area (TPSA) is 15.3 Å². The molecule has 0 aromatic heterocycles. The summed E-state index contributed by atoms with van der Waals surface area (Å²) in [6.07, 6.45) is 1.19. The van der Waals surface area contributed by atoms with Crippen molar-refractivity contribution >= 4 is 5.69 Å². The van der Waals surface area contributed by atoms with E-state index in [1.54, 1.807) is 0 Å². The van der Waals surface area contributed by atoms with Gasteiger partial charge in [-0.25, -0.2) is 0 Å². The number of rotatable bonds is 2. The van der Waals surface area contributed by atoms with Gasteiger partial charge in [0.1, 0.15) is 0 Å². The van der Waals surface area contributed by atoms with Crippen LogP contribution in [0.2, 0.25) is 0 Å². The molecule has 2 aromatic carbocycles. The van der Waals surface area contributed by atoms with E-state index in [0.717, 1.165) is 19.6 Å². The molecule has 1 N–H and O–H groups in total. The number of hydrogen-bond acceptors (Lipinski definition) is 2. The number of anilines is 1. The van der Waals surface area contributed by atoms with Crippen LogP contribution in [0.25, 0.3) is 0 Å². The van der Waals surface area contributed by atoms with E-state index in [1.807, 2.05) is 0 Å². The van der Waals surface area contributed by atoms with E-state index in [9.17, 15) is 0 Å². The molecule has 2 heteroatoms. The lowest BCUT2D eigenvalue weighted by Gasteiger charge is -2.32. The molecular formula is C17H20N2. The van der Waals surface area contributed by atoms with Crippen LogP contribution >= 0.6 is 0 Å². The minimum atomic E-state index is 0.422. The fourth-order valence-electron chi connectivity index (χ4n) is 2.78. The van der Waals surface area contributed by atoms with Gasteiger partial charge in [0.25, 0.3) is 0 Å². The molecule has 0 saturated carbocycles. The molecule has 0 amide bonds. The summed E-state index contributed by atoms with van der Waals surface area (Å²) in [5.74, 6) is 0. The highest BCUT2D eigenvalue weighted by atomic mass is 15.2. The molecule has 19 heavy (non-hydrogen) atoms. The Morgan fingerprint density at radius 3 is 2.32 bits per heavy atom. The molecule has 98 valence electrons. The number of benzene rings is 2. The van der Waals surface area contributed by atoms with Crippen LogP contribution in [0.1, 0.15) is 18.0 Å². The Labute approximate surface area is 115 Å². The van der Waals surface area contributed by atoms with E-state index in [-0.39, 0.29) is 0 Å². The first-order valence-electron chi connectivity index (χ1n) is 7.02. The van der Waals surface area contributed by atoms with Crippen molar-refractivity contribution in [3.8, 4) is 0 Å². The Balaban J connectivity index is 1.94. The maximum absolute atomic E-state index is 3.55. The standard InChI is InChI=1S/C17H20N2/c1-3-8-15(9-4-1)17-14-18-12-7-13-19(17)16-10-5-2-6-11-16/h1-6,8-11,17-18H,7,12-14H2. The number of nitrogens with zero attached hydrogens (tertiary/aromatic N) is 1. The summed E-state index contributed by atoms with van der Waals surface area (Å²) in [6.45, 7) is 3.22. The maximum Gasteiger partial charge on any atom is 0.0666 e. The zero-order valence-corrected chi connectivity index (χ0v) is 11.1. The summed E-state index contributed by atoms with van der Waals surface area (Å²) < 4.78 is 0. The molecule has 1 aliphatic heterocycles. The zero-order chi connectivity index (χ0) is 12.9. The molecule has 1 heterocycles. The van der Waals surface area contributed by atoms with E-state index in [0.29, 0.717) is 6.04 Å². The minimum Gasteiger partial charge on any atom is -0.363 e. The predicted octanol–water partition coefficient (Wildman–Crippen LogP) is 3.23. The molecule has 1 unspecified atom stereocenters. The Bertz CT molecular complexity index is 448. The summed E-state index contributed by atoms with van der Waals surface area (Å²) in [4.78, 5) is 2.52. The van der Waals surface area contributed by atoms with Crippen LogP contribution < -0.4 is 10.2 Å². The van der Waals surface area contributed by atoms with E-state index in [1.165, 1.54) is 17.7 Å². The normalized spacial score (nSPS) is 20.0. The largest absolute Gasteiger partial charge is 0.363 e. The van der Waals surface area contributed by atoms with E-state index >= 15 is 0 Å². The van der Waals surface area contributed by atoms with Crippen LogP contribution in [0.4, 0.5) is 5.69 Å². The highest BCUT2D eigenvalue weighted by Gasteiger charge is 2.22. The van der Waals surface area contributed by atoms with Crippen molar-refractivity contribution in [2.24, 2.45) is 0 Å². The highest BCUT2D eigenvalue weighted by molar-refractivity contribution is 5.49. The van der Waals surface area contributed by atoms with Crippen molar-refractivity contribution in [2.75, 3.05) is 24.5 Å². The summed E-state index contributed by atoms with van der Waals surface area (Å²) in [5, 5.41) is 3.55. The summed E-state index contributed by atoms with van der Waals surface area (Å²) in [6, 6.07) is 22.0. The Morgan fingerprint density at radius 1 is 0.895 bits per heavy atom. The molecule has 1 saturated heterocycles. The highest BCUT2D eigenvalue weighted by Crippen LogP contribution is 2.27. The van der Waals surface area contributed by atoms with Crippen molar-refractivity contribution in [3.63, 3.8) is 0 Å². The van der Waals surface area contributed by atoms with Crippen LogP contribution in [0, 0.1) is 0 Å². The van der Waals surface area contributed by atoms with Gasteiger partial charge in [0, 0.05) is 18.8 Å². The van der Waals surface area contributed by atoms with E-state index in [4.69, 9.17) is 0 Å². The Hall–Kier alpha value is -1.80. The SMILES string of the molecule is c1ccc(C2CNCCCN2c2ccccc2)cc1. The quantitative estimate of drug-likeness (QED) is 0.882. The van der Waals surface area contributed by atoms with Gasteiger partial charge in [-0.05, 0) is 30.7 Å². The summed E-state index contributed by atoms with van der Waals surface area (Å²) in [7, 11) is 0. The third kappa shape index (κ3) is 2.79. The molecule has 1 fully saturated rings. The number of nitrogens with one attached hydrogen (secondary N) is 1. The second-order valence-electron chi connectivity index (χ2n) is 5.01. The molecule has 0 aliphatic carbocycles. The van der Waals surface area contributed by atoms with E-state index < -0.39 is 0 Å². The fourth-order valence-corrected chi connectivity index (χ4v) is 2.78. The molecule has 0 radical (unpaired) electrons. The van der Waals surface area contributed by atoms with Crippen molar-refractivity contribution in [1.82, 2.24) is 5.32 Å². The van der Waals surface area contributed by atoms with Gasteiger partial charge in [-0.15, -0.1) is 0 Å². The predicted molar refractivity (Wildman–Crippen MR) is 80.5 cm³/mol. The molecule has 3 rings (SSSR count). The first-order chi connectivity index (χ1) is 9.45. The van der Waals surface area contributed by atoms with Crippen molar-refractivity contribution < 1.29 is 0 Å². The van der Waals surface area contributed by atoms with Gasteiger partial charge < -0.3 is 10.2 Å². The van der Waals surface area contributed by atoms with Gasteiger partial charge in [0.2, 0.25) is 0 Å². The van der Waals surface area contributed by atoms with Gasteiger partial charge in [-0.1, -0.05) is 48.5 Å². The molecule has 2 nitrogen and oxygen atoms in total.